The molecule has 32 heavy (non-hydrogen) atoms. The van der Waals surface area contributed by atoms with Crippen LogP contribution in [0, 0.1) is 13.8 Å². The highest BCUT2D eigenvalue weighted by Gasteiger charge is 2.24. The number of sulfonamides is 1. The molecule has 0 unspecified atom stereocenters. The summed E-state index contributed by atoms with van der Waals surface area (Å²) in [6.07, 6.45) is 0. The van der Waals surface area contributed by atoms with Gasteiger partial charge in [0.1, 0.15) is 0 Å². The van der Waals surface area contributed by atoms with Crippen LogP contribution in [0.1, 0.15) is 27.7 Å². The third-order valence-corrected chi connectivity index (χ3v) is 8.22. The maximum atomic E-state index is 13.2. The molecule has 0 aliphatic heterocycles. The van der Waals surface area contributed by atoms with Crippen molar-refractivity contribution >= 4 is 48.7 Å². The van der Waals surface area contributed by atoms with Crippen LogP contribution in [0.3, 0.4) is 0 Å². The molecular formula is C25H24N2O3S2. The molecule has 0 aliphatic carbocycles. The van der Waals surface area contributed by atoms with E-state index in [2.05, 4.69) is 5.32 Å². The number of anilines is 2. The highest BCUT2D eigenvalue weighted by atomic mass is 32.2. The Morgan fingerprint density at radius 2 is 1.69 bits per heavy atom. The molecule has 3 aromatic carbocycles. The fraction of sp³-hybridized carbons (Fsp3) is 0.160. The van der Waals surface area contributed by atoms with Crippen LogP contribution < -0.4 is 9.62 Å². The smallest absolute Gasteiger partial charge is 0.265 e. The van der Waals surface area contributed by atoms with Crippen LogP contribution in [0.2, 0.25) is 0 Å². The number of hydrogen-bond donors (Lipinski definition) is 1. The lowest BCUT2D eigenvalue weighted by atomic mass is 10.2. The van der Waals surface area contributed by atoms with Crippen molar-refractivity contribution in [3.63, 3.8) is 0 Å². The van der Waals surface area contributed by atoms with E-state index in [1.54, 1.807) is 36.4 Å². The van der Waals surface area contributed by atoms with Crippen molar-refractivity contribution in [3.8, 4) is 0 Å². The lowest BCUT2D eigenvalue weighted by Gasteiger charge is -2.23. The fourth-order valence-corrected chi connectivity index (χ4v) is 5.95. The van der Waals surface area contributed by atoms with E-state index in [1.807, 2.05) is 57.2 Å². The van der Waals surface area contributed by atoms with Crippen LogP contribution in [0.15, 0.2) is 77.7 Å². The second-order valence-electron chi connectivity index (χ2n) is 7.64. The van der Waals surface area contributed by atoms with Gasteiger partial charge in [0.2, 0.25) is 0 Å². The second-order valence-corrected chi connectivity index (χ2v) is 10.6. The van der Waals surface area contributed by atoms with Gasteiger partial charge >= 0.3 is 0 Å². The fourth-order valence-electron chi connectivity index (χ4n) is 3.54. The van der Waals surface area contributed by atoms with Crippen molar-refractivity contribution < 1.29 is 13.2 Å². The number of thiophene rings is 1. The molecule has 0 spiro atoms. The normalized spacial score (nSPS) is 11.5. The number of benzene rings is 3. The van der Waals surface area contributed by atoms with Crippen molar-refractivity contribution in [2.45, 2.75) is 25.7 Å². The predicted molar refractivity (Wildman–Crippen MR) is 132 cm³/mol. The maximum absolute atomic E-state index is 13.2. The Balaban J connectivity index is 1.64. The summed E-state index contributed by atoms with van der Waals surface area (Å²) >= 11 is 1.38. The van der Waals surface area contributed by atoms with Gasteiger partial charge in [0.25, 0.3) is 15.9 Å². The lowest BCUT2D eigenvalue weighted by molar-refractivity contribution is 0.103. The highest BCUT2D eigenvalue weighted by molar-refractivity contribution is 7.92. The third-order valence-electron chi connectivity index (χ3n) is 5.18. The minimum absolute atomic E-state index is 0.182. The monoisotopic (exact) mass is 464 g/mol. The van der Waals surface area contributed by atoms with Crippen LogP contribution >= 0.6 is 11.3 Å². The summed E-state index contributed by atoms with van der Waals surface area (Å²) in [6.45, 7) is 6.00. The zero-order chi connectivity index (χ0) is 22.9. The summed E-state index contributed by atoms with van der Waals surface area (Å²) < 4.78 is 28.8. The molecule has 0 aliphatic rings. The molecular weight excluding hydrogens is 440 g/mol. The zero-order valence-corrected chi connectivity index (χ0v) is 19.8. The van der Waals surface area contributed by atoms with Crippen molar-refractivity contribution in [2.75, 3.05) is 16.2 Å². The van der Waals surface area contributed by atoms with Gasteiger partial charge in [-0.2, -0.15) is 0 Å². The second kappa shape index (κ2) is 8.76. The van der Waals surface area contributed by atoms with Crippen molar-refractivity contribution in [2.24, 2.45) is 0 Å². The average Bonchev–Trinajstić information content (AvgIpc) is 3.18. The Morgan fingerprint density at radius 3 is 2.38 bits per heavy atom. The van der Waals surface area contributed by atoms with E-state index in [9.17, 15) is 13.2 Å². The Kier molecular flexibility index (Phi) is 6.04. The van der Waals surface area contributed by atoms with E-state index in [-0.39, 0.29) is 10.8 Å². The molecule has 164 valence electrons. The van der Waals surface area contributed by atoms with E-state index in [0.717, 1.165) is 26.9 Å². The SMILES string of the molecule is CCN(c1ccc2sc(C(=O)Nc3cccc(C)c3)cc2c1)S(=O)(=O)c1ccc(C)cc1. The number of rotatable bonds is 6. The van der Waals surface area contributed by atoms with Crippen molar-refractivity contribution in [1.82, 2.24) is 0 Å². The number of aryl methyl sites for hydroxylation is 2. The molecule has 4 rings (SSSR count). The summed E-state index contributed by atoms with van der Waals surface area (Å²) in [5.74, 6) is -0.182. The predicted octanol–water partition coefficient (Wildman–Crippen LogP) is 5.99. The molecule has 1 N–H and O–H groups in total. The first-order chi connectivity index (χ1) is 15.3. The van der Waals surface area contributed by atoms with Crippen LogP contribution in [0.25, 0.3) is 10.1 Å². The van der Waals surface area contributed by atoms with Gasteiger partial charge in [-0.1, -0.05) is 29.8 Å². The van der Waals surface area contributed by atoms with Gasteiger partial charge < -0.3 is 5.32 Å². The van der Waals surface area contributed by atoms with E-state index in [1.165, 1.54) is 15.6 Å². The molecule has 1 aromatic heterocycles. The van der Waals surface area contributed by atoms with Crippen molar-refractivity contribution in [1.29, 1.82) is 0 Å². The lowest BCUT2D eigenvalue weighted by Crippen LogP contribution is -2.30. The maximum Gasteiger partial charge on any atom is 0.265 e. The number of nitrogens with one attached hydrogen (secondary N) is 1. The number of hydrogen-bond acceptors (Lipinski definition) is 4. The summed E-state index contributed by atoms with van der Waals surface area (Å²) in [4.78, 5) is 13.6. The van der Waals surface area contributed by atoms with Gasteiger partial charge in [-0.05, 0) is 80.3 Å². The summed E-state index contributed by atoms with van der Waals surface area (Å²) in [5, 5.41) is 3.76. The standard InChI is InChI=1S/C25H24N2O3S2/c1-4-27(32(29,30)22-11-8-17(2)9-12-22)21-10-13-23-19(15-21)16-24(31-23)25(28)26-20-7-5-6-18(3)14-20/h5-16H,4H2,1-3H3,(H,26,28). The summed E-state index contributed by atoms with van der Waals surface area (Å²) in [5.41, 5.74) is 3.39. The number of carbonyl (C=O) groups is 1. The average molecular weight is 465 g/mol. The van der Waals surface area contributed by atoms with E-state index in [4.69, 9.17) is 0 Å². The molecule has 1 amide bonds. The number of amides is 1. The Labute approximate surface area is 192 Å². The Hall–Kier alpha value is -3.16. The molecule has 7 heteroatoms. The van der Waals surface area contributed by atoms with Crippen LogP contribution in [0.4, 0.5) is 11.4 Å². The third kappa shape index (κ3) is 4.40. The summed E-state index contributed by atoms with van der Waals surface area (Å²) in [7, 11) is -3.69. The molecule has 5 nitrogen and oxygen atoms in total. The first-order valence-electron chi connectivity index (χ1n) is 10.3. The van der Waals surface area contributed by atoms with Crippen molar-refractivity contribution in [3.05, 3.63) is 88.8 Å². The van der Waals surface area contributed by atoms with Gasteiger partial charge in [-0.15, -0.1) is 11.3 Å². The number of nitrogens with zero attached hydrogens (tertiary/aromatic N) is 1. The minimum Gasteiger partial charge on any atom is -0.321 e. The van der Waals surface area contributed by atoms with Gasteiger partial charge in [-0.3, -0.25) is 9.10 Å². The van der Waals surface area contributed by atoms with Gasteiger partial charge in [0.15, 0.2) is 0 Å². The largest absolute Gasteiger partial charge is 0.321 e. The van der Waals surface area contributed by atoms with Crippen LogP contribution in [-0.2, 0) is 10.0 Å². The van der Waals surface area contributed by atoms with E-state index >= 15 is 0 Å². The molecule has 4 aromatic rings. The summed E-state index contributed by atoms with van der Waals surface area (Å²) in [6, 6.07) is 21.8. The quantitative estimate of drug-likeness (QED) is 0.381. The van der Waals surface area contributed by atoms with Crippen LogP contribution in [-0.4, -0.2) is 20.9 Å². The molecule has 0 saturated carbocycles. The van der Waals surface area contributed by atoms with E-state index in [0.29, 0.717) is 17.1 Å². The first-order valence-corrected chi connectivity index (χ1v) is 12.5. The Morgan fingerprint density at radius 1 is 0.938 bits per heavy atom. The molecule has 0 bridgehead atoms. The number of carbonyl (C=O) groups excluding carboxylic acids is 1. The Bertz CT molecular complexity index is 1390. The molecule has 0 radical (unpaired) electrons. The highest BCUT2D eigenvalue weighted by Crippen LogP contribution is 2.32. The molecule has 0 atom stereocenters. The van der Waals surface area contributed by atoms with Gasteiger partial charge in [0, 0.05) is 16.9 Å². The first kappa shape index (κ1) is 22.0. The van der Waals surface area contributed by atoms with Gasteiger partial charge in [0.05, 0.1) is 15.5 Å². The molecule has 1 heterocycles. The minimum atomic E-state index is -3.69. The molecule has 0 fully saturated rings. The number of fused-ring (bicyclic) bond motifs is 1. The topological polar surface area (TPSA) is 66.5 Å². The van der Waals surface area contributed by atoms with Gasteiger partial charge in [-0.25, -0.2) is 8.42 Å². The zero-order valence-electron chi connectivity index (χ0n) is 18.1. The van der Waals surface area contributed by atoms with Crippen LogP contribution in [0.5, 0.6) is 0 Å². The molecule has 0 saturated heterocycles. The van der Waals surface area contributed by atoms with E-state index < -0.39 is 10.0 Å².